The number of hydrogen-bond donors (Lipinski definition) is 1. The van der Waals surface area contributed by atoms with E-state index in [1.165, 1.54) is 0 Å². The van der Waals surface area contributed by atoms with Crippen molar-refractivity contribution in [3.8, 4) is 0 Å². The van der Waals surface area contributed by atoms with Crippen molar-refractivity contribution in [3.05, 3.63) is 35.9 Å². The van der Waals surface area contributed by atoms with Gasteiger partial charge in [-0.15, -0.1) is 0 Å². The van der Waals surface area contributed by atoms with E-state index in [1.807, 2.05) is 35.2 Å². The summed E-state index contributed by atoms with van der Waals surface area (Å²) in [6, 6.07) is 9.47. The van der Waals surface area contributed by atoms with E-state index in [1.54, 1.807) is 0 Å². The van der Waals surface area contributed by atoms with Gasteiger partial charge in [0.05, 0.1) is 12.1 Å². The number of benzene rings is 1. The number of nitrogens with zero attached hydrogens (tertiary/aromatic N) is 1. The van der Waals surface area contributed by atoms with Crippen LogP contribution < -0.4 is 5.73 Å². The molecule has 1 aromatic carbocycles. The van der Waals surface area contributed by atoms with Crippen LogP contribution in [0.2, 0.25) is 0 Å². The molecule has 1 unspecified atom stereocenters. The first-order valence-electron chi connectivity index (χ1n) is 8.26. The molecule has 1 amide bonds. The van der Waals surface area contributed by atoms with Crippen molar-refractivity contribution in [1.29, 1.82) is 0 Å². The number of carbonyl (C=O) groups is 1. The molecule has 1 saturated heterocycles. The highest BCUT2D eigenvalue weighted by molar-refractivity contribution is 5.82. The first-order valence-corrected chi connectivity index (χ1v) is 8.26. The van der Waals surface area contributed by atoms with Crippen molar-refractivity contribution in [1.82, 2.24) is 4.90 Å². The molecule has 0 saturated carbocycles. The molecule has 0 aliphatic carbocycles. The SMILES string of the molecule is CC(C)CCOC1CCN(C(=O)[C@@H](N)Cc2ccccc2)C1. The van der Waals surface area contributed by atoms with Crippen LogP contribution in [0.4, 0.5) is 0 Å². The molecule has 2 rings (SSSR count). The van der Waals surface area contributed by atoms with E-state index >= 15 is 0 Å². The fourth-order valence-corrected chi connectivity index (χ4v) is 2.72. The summed E-state index contributed by atoms with van der Waals surface area (Å²) in [7, 11) is 0. The minimum atomic E-state index is -0.461. The number of ether oxygens (including phenoxy) is 1. The van der Waals surface area contributed by atoms with Gasteiger partial charge in [-0.3, -0.25) is 4.79 Å². The van der Waals surface area contributed by atoms with E-state index < -0.39 is 6.04 Å². The van der Waals surface area contributed by atoms with E-state index in [9.17, 15) is 4.79 Å². The third-order valence-electron chi connectivity index (χ3n) is 4.12. The quantitative estimate of drug-likeness (QED) is 0.840. The van der Waals surface area contributed by atoms with Gasteiger partial charge in [-0.2, -0.15) is 0 Å². The molecule has 1 heterocycles. The average Bonchev–Trinajstić information content (AvgIpc) is 2.96. The zero-order valence-electron chi connectivity index (χ0n) is 13.7. The predicted molar refractivity (Wildman–Crippen MR) is 88.5 cm³/mol. The molecule has 1 aliphatic heterocycles. The number of nitrogens with two attached hydrogens (primary N) is 1. The normalized spacial score (nSPS) is 19.6. The minimum Gasteiger partial charge on any atom is -0.376 e. The van der Waals surface area contributed by atoms with Crippen molar-refractivity contribution in [2.45, 2.75) is 45.3 Å². The highest BCUT2D eigenvalue weighted by Gasteiger charge is 2.29. The Hall–Kier alpha value is -1.39. The second-order valence-electron chi connectivity index (χ2n) is 6.54. The van der Waals surface area contributed by atoms with Gasteiger partial charge in [-0.1, -0.05) is 44.2 Å². The molecule has 0 spiro atoms. The van der Waals surface area contributed by atoms with Crippen molar-refractivity contribution < 1.29 is 9.53 Å². The maximum atomic E-state index is 12.4. The van der Waals surface area contributed by atoms with Gasteiger partial charge in [-0.05, 0) is 30.7 Å². The summed E-state index contributed by atoms with van der Waals surface area (Å²) < 4.78 is 5.86. The summed E-state index contributed by atoms with van der Waals surface area (Å²) in [6.07, 6.45) is 2.75. The number of hydrogen-bond acceptors (Lipinski definition) is 3. The summed E-state index contributed by atoms with van der Waals surface area (Å²) in [4.78, 5) is 14.3. The van der Waals surface area contributed by atoms with Crippen LogP contribution in [0.5, 0.6) is 0 Å². The van der Waals surface area contributed by atoms with Crippen molar-refractivity contribution in [3.63, 3.8) is 0 Å². The number of rotatable bonds is 7. The third-order valence-corrected chi connectivity index (χ3v) is 4.12. The van der Waals surface area contributed by atoms with E-state index in [-0.39, 0.29) is 12.0 Å². The largest absolute Gasteiger partial charge is 0.376 e. The van der Waals surface area contributed by atoms with Crippen LogP contribution in [0.25, 0.3) is 0 Å². The topological polar surface area (TPSA) is 55.6 Å². The van der Waals surface area contributed by atoms with E-state index in [4.69, 9.17) is 10.5 Å². The monoisotopic (exact) mass is 304 g/mol. The van der Waals surface area contributed by atoms with Crippen molar-refractivity contribution in [2.75, 3.05) is 19.7 Å². The Bertz CT molecular complexity index is 461. The molecule has 4 nitrogen and oxygen atoms in total. The lowest BCUT2D eigenvalue weighted by Crippen LogP contribution is -2.44. The molecule has 0 radical (unpaired) electrons. The predicted octanol–water partition coefficient (Wildman–Crippen LogP) is 2.22. The minimum absolute atomic E-state index is 0.0406. The van der Waals surface area contributed by atoms with Gasteiger partial charge < -0.3 is 15.4 Å². The lowest BCUT2D eigenvalue weighted by atomic mass is 10.1. The lowest BCUT2D eigenvalue weighted by molar-refractivity contribution is -0.132. The molecule has 0 bridgehead atoms. The number of likely N-dealkylation sites (tertiary alicyclic amines) is 1. The second kappa shape index (κ2) is 8.30. The molecule has 22 heavy (non-hydrogen) atoms. The Balaban J connectivity index is 1.76. The molecule has 0 aromatic heterocycles. The Morgan fingerprint density at radius 2 is 2.09 bits per heavy atom. The third kappa shape index (κ3) is 5.11. The number of carbonyl (C=O) groups excluding carboxylic acids is 1. The summed E-state index contributed by atoms with van der Waals surface area (Å²) in [5.74, 6) is 0.692. The lowest BCUT2D eigenvalue weighted by Gasteiger charge is -2.21. The number of amides is 1. The second-order valence-corrected chi connectivity index (χ2v) is 6.54. The maximum absolute atomic E-state index is 12.4. The van der Waals surface area contributed by atoms with E-state index in [0.29, 0.717) is 18.9 Å². The molecule has 1 aromatic rings. The smallest absolute Gasteiger partial charge is 0.239 e. The van der Waals surface area contributed by atoms with Crippen LogP contribution in [-0.4, -0.2) is 42.6 Å². The van der Waals surface area contributed by atoms with Crippen molar-refractivity contribution in [2.24, 2.45) is 11.7 Å². The summed E-state index contributed by atoms with van der Waals surface area (Å²) in [5.41, 5.74) is 7.19. The molecule has 1 fully saturated rings. The zero-order valence-corrected chi connectivity index (χ0v) is 13.7. The molecular weight excluding hydrogens is 276 g/mol. The summed E-state index contributed by atoms with van der Waals surface area (Å²) >= 11 is 0. The van der Waals surface area contributed by atoms with Crippen LogP contribution in [0.3, 0.4) is 0 Å². The first-order chi connectivity index (χ1) is 10.6. The van der Waals surface area contributed by atoms with Gasteiger partial charge in [0.25, 0.3) is 0 Å². The Morgan fingerprint density at radius 1 is 1.36 bits per heavy atom. The van der Waals surface area contributed by atoms with E-state index in [2.05, 4.69) is 13.8 Å². The maximum Gasteiger partial charge on any atom is 0.239 e. The van der Waals surface area contributed by atoms with Gasteiger partial charge in [0.1, 0.15) is 0 Å². The van der Waals surface area contributed by atoms with Gasteiger partial charge in [0.2, 0.25) is 5.91 Å². The van der Waals surface area contributed by atoms with Gasteiger partial charge in [0.15, 0.2) is 0 Å². The average molecular weight is 304 g/mol. The standard InChI is InChI=1S/C18H28N2O2/c1-14(2)9-11-22-16-8-10-20(13-16)18(21)17(19)12-15-6-4-3-5-7-15/h3-7,14,16-17H,8-13,19H2,1-2H3/t16?,17-/m0/s1. The zero-order chi connectivity index (χ0) is 15.9. The van der Waals surface area contributed by atoms with Crippen LogP contribution in [0.15, 0.2) is 30.3 Å². The van der Waals surface area contributed by atoms with Crippen LogP contribution in [-0.2, 0) is 16.0 Å². The Kier molecular flexibility index (Phi) is 6.40. The molecule has 122 valence electrons. The highest BCUT2D eigenvalue weighted by atomic mass is 16.5. The molecule has 4 heteroatoms. The summed E-state index contributed by atoms with van der Waals surface area (Å²) in [5, 5.41) is 0. The fraction of sp³-hybridized carbons (Fsp3) is 0.611. The van der Waals surface area contributed by atoms with Crippen molar-refractivity contribution >= 4 is 5.91 Å². The van der Waals surface area contributed by atoms with Crippen LogP contribution in [0, 0.1) is 5.92 Å². The molecule has 2 N–H and O–H groups in total. The van der Waals surface area contributed by atoms with Crippen LogP contribution >= 0.6 is 0 Å². The molecule has 1 aliphatic rings. The molecule has 2 atom stereocenters. The highest BCUT2D eigenvalue weighted by Crippen LogP contribution is 2.15. The van der Waals surface area contributed by atoms with E-state index in [0.717, 1.165) is 31.6 Å². The van der Waals surface area contributed by atoms with Gasteiger partial charge in [0, 0.05) is 19.7 Å². The van der Waals surface area contributed by atoms with Gasteiger partial charge >= 0.3 is 0 Å². The summed E-state index contributed by atoms with van der Waals surface area (Å²) in [6.45, 7) is 6.60. The fourth-order valence-electron chi connectivity index (χ4n) is 2.72. The van der Waals surface area contributed by atoms with Gasteiger partial charge in [-0.25, -0.2) is 0 Å². The molecular formula is C18H28N2O2. The Labute approximate surface area is 133 Å². The first kappa shape index (κ1) is 17.0. The Morgan fingerprint density at radius 3 is 2.77 bits per heavy atom. The van der Waals surface area contributed by atoms with Crippen LogP contribution in [0.1, 0.15) is 32.3 Å².